The minimum atomic E-state index is -0.469. The van der Waals surface area contributed by atoms with Crippen LogP contribution in [-0.4, -0.2) is 59.5 Å². The van der Waals surface area contributed by atoms with Crippen LogP contribution in [0.5, 0.6) is 5.75 Å². The van der Waals surface area contributed by atoms with Crippen molar-refractivity contribution >= 4 is 33.2 Å². The molecular weight excluding hydrogens is 458 g/mol. The molecule has 1 amide bonds. The number of fused-ring (bicyclic) bond motifs is 2. The number of hydrogen-bond acceptors (Lipinski definition) is 5. The first kappa shape index (κ1) is 20.5. The van der Waals surface area contributed by atoms with Crippen LogP contribution in [0.1, 0.15) is 19.0 Å². The quantitative estimate of drug-likeness (QED) is 0.619. The van der Waals surface area contributed by atoms with E-state index in [1.165, 1.54) is 0 Å². The second-order valence-electron chi connectivity index (χ2n) is 8.20. The monoisotopic (exact) mass is 483 g/mol. The Balaban J connectivity index is 1.60. The second kappa shape index (κ2) is 8.26. The molecule has 31 heavy (non-hydrogen) atoms. The van der Waals surface area contributed by atoms with Crippen molar-refractivity contribution in [3.63, 3.8) is 0 Å². The number of halogens is 1. The molecule has 0 spiro atoms. The van der Waals surface area contributed by atoms with Crippen LogP contribution in [0, 0.1) is 0 Å². The Morgan fingerprint density at radius 3 is 2.97 bits per heavy atom. The van der Waals surface area contributed by atoms with E-state index in [-0.39, 0.29) is 5.91 Å². The molecule has 1 fully saturated rings. The van der Waals surface area contributed by atoms with Crippen LogP contribution in [0.3, 0.4) is 0 Å². The van der Waals surface area contributed by atoms with Crippen molar-refractivity contribution in [3.05, 3.63) is 46.7 Å². The van der Waals surface area contributed by atoms with E-state index < -0.39 is 6.10 Å². The predicted molar refractivity (Wildman–Crippen MR) is 125 cm³/mol. The van der Waals surface area contributed by atoms with Gasteiger partial charge in [-0.25, -0.2) is 4.98 Å². The number of anilines is 1. The zero-order chi connectivity index (χ0) is 21.5. The van der Waals surface area contributed by atoms with E-state index in [4.69, 9.17) is 9.72 Å². The molecule has 1 aromatic carbocycles. The Kier molecular flexibility index (Phi) is 5.45. The molecule has 1 atom stereocenters. The third kappa shape index (κ3) is 3.84. The number of imidazole rings is 1. The van der Waals surface area contributed by atoms with Gasteiger partial charge in [-0.3, -0.25) is 9.69 Å². The first-order valence-electron chi connectivity index (χ1n) is 10.7. The molecule has 162 valence electrons. The number of amides is 1. The van der Waals surface area contributed by atoms with Crippen LogP contribution < -0.4 is 15.0 Å². The summed E-state index contributed by atoms with van der Waals surface area (Å²) in [4.78, 5) is 21.6. The maximum atomic E-state index is 12.4. The molecule has 7 nitrogen and oxygen atoms in total. The molecule has 1 saturated heterocycles. The number of carbonyl (C=O) groups excluding carboxylic acids is 1. The highest BCUT2D eigenvalue weighted by Crippen LogP contribution is 2.38. The number of pyridine rings is 1. The van der Waals surface area contributed by atoms with Gasteiger partial charge < -0.3 is 19.4 Å². The van der Waals surface area contributed by atoms with Crippen molar-refractivity contribution in [2.75, 3.05) is 38.1 Å². The molecule has 4 heterocycles. The van der Waals surface area contributed by atoms with Crippen molar-refractivity contribution in [3.8, 4) is 17.0 Å². The lowest BCUT2D eigenvalue weighted by molar-refractivity contribution is -0.125. The Hall–Kier alpha value is -2.42. The number of likely N-dealkylation sites (N-methyl/N-ethyl adjacent to an activating group) is 1. The average molecular weight is 484 g/mol. The Labute approximate surface area is 190 Å². The van der Waals surface area contributed by atoms with Gasteiger partial charge in [0.1, 0.15) is 11.4 Å². The molecule has 2 aliphatic heterocycles. The fourth-order valence-electron chi connectivity index (χ4n) is 4.38. The average Bonchev–Trinajstić information content (AvgIpc) is 2.93. The van der Waals surface area contributed by atoms with Crippen LogP contribution in [0.4, 0.5) is 5.69 Å². The SMILES string of the molecule is CC1Oc2ccc(-c3nc4ccc(Br)cn4c3CN3CCCNCC3)cc2N(C)C1=O. The summed E-state index contributed by atoms with van der Waals surface area (Å²) in [5.74, 6) is 0.686. The highest BCUT2D eigenvalue weighted by Gasteiger charge is 2.29. The largest absolute Gasteiger partial charge is 0.479 e. The smallest absolute Gasteiger partial charge is 0.267 e. The standard InChI is InChI=1S/C23H26BrN5O2/c1-15-23(30)27(2)18-12-16(4-6-20(18)31-15)22-19(14-28-10-3-8-25-9-11-28)29-13-17(24)5-7-21(29)26-22/h4-7,12-13,15,25H,3,8-11,14H2,1-2H3. The van der Waals surface area contributed by atoms with Gasteiger partial charge in [0.25, 0.3) is 5.91 Å². The molecular formula is C23H26BrN5O2. The molecule has 0 aliphatic carbocycles. The van der Waals surface area contributed by atoms with E-state index in [0.29, 0.717) is 0 Å². The van der Waals surface area contributed by atoms with Gasteiger partial charge >= 0.3 is 0 Å². The summed E-state index contributed by atoms with van der Waals surface area (Å²) in [7, 11) is 1.80. The number of nitrogens with zero attached hydrogens (tertiary/aromatic N) is 4. The van der Waals surface area contributed by atoms with Crippen LogP contribution in [0.25, 0.3) is 16.9 Å². The van der Waals surface area contributed by atoms with E-state index in [1.807, 2.05) is 30.3 Å². The summed E-state index contributed by atoms with van der Waals surface area (Å²) in [5, 5.41) is 3.47. The highest BCUT2D eigenvalue weighted by atomic mass is 79.9. The van der Waals surface area contributed by atoms with Crippen LogP contribution in [-0.2, 0) is 11.3 Å². The van der Waals surface area contributed by atoms with Gasteiger partial charge in [-0.15, -0.1) is 0 Å². The molecule has 2 aromatic heterocycles. The van der Waals surface area contributed by atoms with E-state index in [2.05, 4.69) is 36.7 Å². The summed E-state index contributed by atoms with van der Waals surface area (Å²) < 4.78 is 8.99. The number of rotatable bonds is 3. The number of benzene rings is 1. The lowest BCUT2D eigenvalue weighted by atomic mass is 10.1. The van der Waals surface area contributed by atoms with Gasteiger partial charge in [0.2, 0.25) is 0 Å². The first-order valence-corrected chi connectivity index (χ1v) is 11.5. The summed E-state index contributed by atoms with van der Waals surface area (Å²) >= 11 is 3.61. The number of nitrogens with one attached hydrogen (secondary N) is 1. The van der Waals surface area contributed by atoms with Gasteiger partial charge in [0.05, 0.1) is 17.1 Å². The Bertz CT molecular complexity index is 1140. The molecule has 5 rings (SSSR count). The third-order valence-electron chi connectivity index (χ3n) is 6.06. The molecule has 2 aliphatic rings. The third-order valence-corrected chi connectivity index (χ3v) is 6.53. The predicted octanol–water partition coefficient (Wildman–Crippen LogP) is 3.30. The second-order valence-corrected chi connectivity index (χ2v) is 9.12. The van der Waals surface area contributed by atoms with E-state index >= 15 is 0 Å². The van der Waals surface area contributed by atoms with Crippen LogP contribution in [0.2, 0.25) is 0 Å². The fraction of sp³-hybridized carbons (Fsp3) is 0.391. The summed E-state index contributed by atoms with van der Waals surface area (Å²) in [5.41, 5.74) is 4.77. The van der Waals surface area contributed by atoms with Crippen molar-refractivity contribution in [2.24, 2.45) is 0 Å². The zero-order valence-corrected chi connectivity index (χ0v) is 19.4. The fourth-order valence-corrected chi connectivity index (χ4v) is 4.72. The van der Waals surface area contributed by atoms with Gasteiger partial charge in [-0.2, -0.15) is 0 Å². The van der Waals surface area contributed by atoms with Crippen LogP contribution in [0.15, 0.2) is 41.0 Å². The topological polar surface area (TPSA) is 62.1 Å². The minimum Gasteiger partial charge on any atom is -0.479 e. The van der Waals surface area contributed by atoms with Gasteiger partial charge in [-0.05, 0) is 72.7 Å². The first-order chi connectivity index (χ1) is 15.0. The molecule has 0 radical (unpaired) electrons. The minimum absolute atomic E-state index is 0.0409. The normalized spacial score (nSPS) is 19.9. The molecule has 0 saturated carbocycles. The van der Waals surface area contributed by atoms with E-state index in [0.717, 1.165) is 77.7 Å². The molecule has 1 N–H and O–H groups in total. The lowest BCUT2D eigenvalue weighted by Gasteiger charge is -2.30. The molecule has 1 unspecified atom stereocenters. The zero-order valence-electron chi connectivity index (χ0n) is 17.8. The van der Waals surface area contributed by atoms with E-state index in [9.17, 15) is 4.79 Å². The number of ether oxygens (including phenoxy) is 1. The number of hydrogen-bond donors (Lipinski definition) is 1. The Morgan fingerprint density at radius 2 is 2.10 bits per heavy atom. The maximum Gasteiger partial charge on any atom is 0.267 e. The molecule has 8 heteroatoms. The number of carbonyl (C=O) groups is 1. The van der Waals surface area contributed by atoms with Crippen molar-refractivity contribution in [2.45, 2.75) is 26.0 Å². The van der Waals surface area contributed by atoms with Gasteiger partial charge in [0, 0.05) is 42.9 Å². The molecule has 0 bridgehead atoms. The summed E-state index contributed by atoms with van der Waals surface area (Å²) in [6.07, 6.45) is 2.75. The van der Waals surface area contributed by atoms with Crippen LogP contribution >= 0.6 is 15.9 Å². The van der Waals surface area contributed by atoms with Crippen molar-refractivity contribution in [1.29, 1.82) is 0 Å². The number of aromatic nitrogens is 2. The van der Waals surface area contributed by atoms with Crippen molar-refractivity contribution < 1.29 is 9.53 Å². The summed E-state index contributed by atoms with van der Waals surface area (Å²) in [6.45, 7) is 6.72. The van der Waals surface area contributed by atoms with Gasteiger partial charge in [-0.1, -0.05) is 0 Å². The van der Waals surface area contributed by atoms with Crippen molar-refractivity contribution in [1.82, 2.24) is 19.6 Å². The Morgan fingerprint density at radius 1 is 1.23 bits per heavy atom. The van der Waals surface area contributed by atoms with Gasteiger partial charge in [0.15, 0.2) is 6.10 Å². The lowest BCUT2D eigenvalue weighted by Crippen LogP contribution is -2.41. The highest BCUT2D eigenvalue weighted by molar-refractivity contribution is 9.10. The molecule has 3 aromatic rings. The maximum absolute atomic E-state index is 12.4. The summed E-state index contributed by atoms with van der Waals surface area (Å²) in [6, 6.07) is 10.0. The van der Waals surface area contributed by atoms with E-state index in [1.54, 1.807) is 18.9 Å².